The number of benzene rings is 1. The van der Waals surface area contributed by atoms with Gasteiger partial charge in [0.05, 0.1) is 6.54 Å². The minimum absolute atomic E-state index is 0. The summed E-state index contributed by atoms with van der Waals surface area (Å²) in [5, 5.41) is 7.14. The fraction of sp³-hybridized carbons (Fsp3) is 0.650. The van der Waals surface area contributed by atoms with Crippen molar-refractivity contribution in [3.05, 3.63) is 29.8 Å². The maximum absolute atomic E-state index is 12.1. The standard InChI is InChI=1S/C20H33N3O2S.HI/c1-4-21-20(22-13-14-25-18-11-9-16(3)10-12-18)23-17-7-6-8-19(15-17)26(24)5-2;/h9-12,17,19H,4-8,13-15H2,1-3H3,(H2,21,22,23);1H. The van der Waals surface area contributed by atoms with Crippen LogP contribution in [-0.4, -0.2) is 46.9 Å². The first kappa shape index (κ1) is 24.2. The summed E-state index contributed by atoms with van der Waals surface area (Å²) in [6.07, 6.45) is 4.28. The fourth-order valence-electron chi connectivity index (χ4n) is 3.22. The molecule has 0 aliphatic heterocycles. The molecule has 0 heterocycles. The van der Waals surface area contributed by atoms with E-state index in [0.717, 1.165) is 49.7 Å². The lowest BCUT2D eigenvalue weighted by molar-refractivity contribution is 0.328. The van der Waals surface area contributed by atoms with Crippen molar-refractivity contribution in [1.82, 2.24) is 10.6 Å². The molecule has 1 aliphatic rings. The van der Waals surface area contributed by atoms with Crippen LogP contribution in [0, 0.1) is 6.92 Å². The van der Waals surface area contributed by atoms with Crippen molar-refractivity contribution in [3.8, 4) is 5.75 Å². The maximum Gasteiger partial charge on any atom is 0.191 e. The molecule has 1 aromatic rings. The molecule has 0 aromatic heterocycles. The highest BCUT2D eigenvalue weighted by molar-refractivity contribution is 14.0. The molecule has 3 atom stereocenters. The van der Waals surface area contributed by atoms with Crippen molar-refractivity contribution in [2.45, 2.75) is 57.7 Å². The van der Waals surface area contributed by atoms with Crippen molar-refractivity contribution in [1.29, 1.82) is 0 Å². The Morgan fingerprint density at radius 1 is 1.26 bits per heavy atom. The van der Waals surface area contributed by atoms with Crippen LogP contribution in [-0.2, 0) is 10.8 Å². The van der Waals surface area contributed by atoms with E-state index in [2.05, 4.69) is 29.5 Å². The smallest absolute Gasteiger partial charge is 0.191 e. The molecule has 1 aliphatic carbocycles. The van der Waals surface area contributed by atoms with Gasteiger partial charge < -0.3 is 15.4 Å². The first-order valence-corrected chi connectivity index (χ1v) is 11.1. The number of hydrogen-bond acceptors (Lipinski definition) is 3. The fourth-order valence-corrected chi connectivity index (χ4v) is 4.57. The molecule has 1 saturated carbocycles. The molecule has 0 saturated heterocycles. The largest absolute Gasteiger partial charge is 0.492 e. The number of rotatable bonds is 8. The molecule has 1 aromatic carbocycles. The van der Waals surface area contributed by atoms with Crippen molar-refractivity contribution in [2.75, 3.05) is 25.4 Å². The van der Waals surface area contributed by atoms with E-state index in [1.54, 1.807) is 0 Å². The maximum atomic E-state index is 12.1. The summed E-state index contributed by atoms with van der Waals surface area (Å²) in [6.45, 7) is 8.10. The number of nitrogens with zero attached hydrogens (tertiary/aromatic N) is 1. The average Bonchev–Trinajstić information content (AvgIpc) is 2.66. The van der Waals surface area contributed by atoms with E-state index in [-0.39, 0.29) is 24.0 Å². The summed E-state index contributed by atoms with van der Waals surface area (Å²) < 4.78 is 17.9. The van der Waals surface area contributed by atoms with Crippen LogP contribution in [0.25, 0.3) is 0 Å². The molecule has 0 spiro atoms. The molecule has 2 rings (SSSR count). The van der Waals surface area contributed by atoms with Crippen LogP contribution in [0.2, 0.25) is 0 Å². The van der Waals surface area contributed by atoms with E-state index in [9.17, 15) is 4.21 Å². The van der Waals surface area contributed by atoms with E-state index in [1.807, 2.05) is 31.2 Å². The third kappa shape index (κ3) is 8.81. The Hall–Kier alpha value is -0.830. The first-order valence-electron chi connectivity index (χ1n) is 9.73. The highest BCUT2D eigenvalue weighted by atomic mass is 127. The van der Waals surface area contributed by atoms with Crippen molar-refractivity contribution in [2.24, 2.45) is 4.99 Å². The minimum atomic E-state index is -0.703. The number of ether oxygens (including phenoxy) is 1. The number of hydrogen-bond donors (Lipinski definition) is 2. The Balaban J connectivity index is 0.00000364. The first-order chi connectivity index (χ1) is 12.6. The third-order valence-electron chi connectivity index (χ3n) is 4.62. The van der Waals surface area contributed by atoms with Gasteiger partial charge in [0.2, 0.25) is 0 Å². The molecular formula is C20H34IN3O2S. The summed E-state index contributed by atoms with van der Waals surface area (Å²) in [5.74, 6) is 2.45. The van der Waals surface area contributed by atoms with Crippen LogP contribution in [0.3, 0.4) is 0 Å². The summed E-state index contributed by atoms with van der Waals surface area (Å²) in [4.78, 5) is 4.62. The van der Waals surface area contributed by atoms with Gasteiger partial charge in [-0.25, -0.2) is 4.99 Å². The third-order valence-corrected chi connectivity index (χ3v) is 6.36. The van der Waals surface area contributed by atoms with E-state index in [0.29, 0.717) is 24.4 Å². The molecule has 3 unspecified atom stereocenters. The molecule has 154 valence electrons. The van der Waals surface area contributed by atoms with Crippen LogP contribution in [0.5, 0.6) is 5.75 Å². The van der Waals surface area contributed by atoms with Crippen molar-refractivity contribution in [3.63, 3.8) is 0 Å². The Morgan fingerprint density at radius 2 is 2.00 bits per heavy atom. The second kappa shape index (κ2) is 13.4. The lowest BCUT2D eigenvalue weighted by atomic mass is 9.95. The number of aryl methyl sites for hydroxylation is 1. The monoisotopic (exact) mass is 507 g/mol. The van der Waals surface area contributed by atoms with Gasteiger partial charge in [0.1, 0.15) is 12.4 Å². The molecule has 5 nitrogen and oxygen atoms in total. The summed E-state index contributed by atoms with van der Waals surface area (Å²) in [5.41, 5.74) is 1.23. The average molecular weight is 507 g/mol. The number of guanidine groups is 1. The molecule has 7 heteroatoms. The van der Waals surface area contributed by atoms with Crippen LogP contribution in [0.1, 0.15) is 45.1 Å². The van der Waals surface area contributed by atoms with E-state index in [1.165, 1.54) is 5.56 Å². The molecule has 0 radical (unpaired) electrons. The quantitative estimate of drug-likeness (QED) is 0.244. The van der Waals surface area contributed by atoms with Crippen molar-refractivity contribution >= 4 is 40.7 Å². The second-order valence-corrected chi connectivity index (χ2v) is 8.73. The SMILES string of the molecule is CCNC(=NCCOc1ccc(C)cc1)NC1CCCC(S(=O)CC)C1.I. The van der Waals surface area contributed by atoms with Crippen LogP contribution < -0.4 is 15.4 Å². The lowest BCUT2D eigenvalue weighted by Crippen LogP contribution is -2.46. The summed E-state index contributed by atoms with van der Waals surface area (Å²) in [7, 11) is -0.703. The predicted molar refractivity (Wildman–Crippen MR) is 126 cm³/mol. The Morgan fingerprint density at radius 3 is 2.67 bits per heavy atom. The Labute approximate surface area is 183 Å². The van der Waals surface area contributed by atoms with Gasteiger partial charge >= 0.3 is 0 Å². The van der Waals surface area contributed by atoms with Crippen molar-refractivity contribution < 1.29 is 8.95 Å². The molecule has 0 bridgehead atoms. The number of aliphatic imine (C=N–C) groups is 1. The molecular weight excluding hydrogens is 473 g/mol. The summed E-state index contributed by atoms with van der Waals surface area (Å²) >= 11 is 0. The topological polar surface area (TPSA) is 62.7 Å². The molecule has 1 fully saturated rings. The van der Waals surface area contributed by atoms with E-state index >= 15 is 0 Å². The number of nitrogens with one attached hydrogen (secondary N) is 2. The van der Waals surface area contributed by atoms with Gasteiger partial charge in [-0.3, -0.25) is 4.21 Å². The predicted octanol–water partition coefficient (Wildman–Crippen LogP) is 3.63. The van der Waals surface area contributed by atoms with Gasteiger partial charge in [0.25, 0.3) is 0 Å². The zero-order chi connectivity index (χ0) is 18.8. The van der Waals surface area contributed by atoms with Gasteiger partial charge in [-0.15, -0.1) is 24.0 Å². The van der Waals surface area contributed by atoms with Gasteiger partial charge in [-0.1, -0.05) is 31.0 Å². The Kier molecular flexibility index (Phi) is 12.0. The zero-order valence-corrected chi connectivity index (χ0v) is 19.8. The molecule has 27 heavy (non-hydrogen) atoms. The Bertz CT molecular complexity index is 595. The van der Waals surface area contributed by atoms with E-state index < -0.39 is 10.8 Å². The van der Waals surface area contributed by atoms with Gasteiger partial charge in [0.15, 0.2) is 5.96 Å². The van der Waals surface area contributed by atoms with E-state index in [4.69, 9.17) is 4.74 Å². The second-order valence-electron chi connectivity index (χ2n) is 6.72. The minimum Gasteiger partial charge on any atom is -0.492 e. The molecule has 0 amide bonds. The molecule has 2 N–H and O–H groups in total. The van der Waals surface area contributed by atoms with Gasteiger partial charge in [-0.05, 0) is 45.2 Å². The van der Waals surface area contributed by atoms with Crippen LogP contribution in [0.15, 0.2) is 29.3 Å². The van der Waals surface area contributed by atoms with Crippen LogP contribution >= 0.6 is 24.0 Å². The number of halogens is 1. The summed E-state index contributed by atoms with van der Waals surface area (Å²) in [6, 6.07) is 8.41. The normalized spacial score (nSPS) is 21.1. The van der Waals surface area contributed by atoms with Crippen LogP contribution in [0.4, 0.5) is 0 Å². The van der Waals surface area contributed by atoms with Gasteiger partial charge in [0, 0.05) is 34.4 Å². The zero-order valence-electron chi connectivity index (χ0n) is 16.7. The van der Waals surface area contributed by atoms with Gasteiger partial charge in [-0.2, -0.15) is 0 Å². The lowest BCUT2D eigenvalue weighted by Gasteiger charge is -2.30. The highest BCUT2D eigenvalue weighted by Gasteiger charge is 2.25. The highest BCUT2D eigenvalue weighted by Crippen LogP contribution is 2.23.